The van der Waals surface area contributed by atoms with Gasteiger partial charge in [0.05, 0.1) is 0 Å². The van der Waals surface area contributed by atoms with Gasteiger partial charge in [-0.2, -0.15) is 0 Å². The van der Waals surface area contributed by atoms with Crippen LogP contribution in [-0.4, -0.2) is 48.0 Å². The molecule has 1 unspecified atom stereocenters. The first-order chi connectivity index (χ1) is 12.7. The van der Waals surface area contributed by atoms with Crippen molar-refractivity contribution in [3.8, 4) is 0 Å². The van der Waals surface area contributed by atoms with Crippen LogP contribution in [0.4, 0.5) is 4.79 Å². The van der Waals surface area contributed by atoms with E-state index in [9.17, 15) is 14.4 Å². The molecule has 0 aliphatic carbocycles. The monoisotopic (exact) mass is 373 g/mol. The number of esters is 1. The smallest absolute Gasteiger partial charge is 0.410 e. The van der Waals surface area contributed by atoms with Crippen molar-refractivity contribution < 1.29 is 23.9 Å². The van der Waals surface area contributed by atoms with Crippen molar-refractivity contribution in [1.82, 2.24) is 4.90 Å². The Morgan fingerprint density at radius 1 is 1.26 bits per heavy atom. The molecule has 1 saturated heterocycles. The van der Waals surface area contributed by atoms with Gasteiger partial charge in [-0.05, 0) is 32.8 Å². The second-order valence-electron chi connectivity index (χ2n) is 7.71. The summed E-state index contributed by atoms with van der Waals surface area (Å²) >= 11 is 0. The number of carbonyl (C=O) groups excluding carboxylic acids is 3. The van der Waals surface area contributed by atoms with Gasteiger partial charge in [0.2, 0.25) is 0 Å². The molecule has 1 heterocycles. The lowest BCUT2D eigenvalue weighted by Crippen LogP contribution is -2.57. The van der Waals surface area contributed by atoms with E-state index in [2.05, 4.69) is 6.58 Å². The molecule has 1 aromatic carbocycles. The largest absolute Gasteiger partial charge is 0.461 e. The van der Waals surface area contributed by atoms with Crippen molar-refractivity contribution in [2.75, 3.05) is 19.7 Å². The summed E-state index contributed by atoms with van der Waals surface area (Å²) in [5, 5.41) is 0. The predicted molar refractivity (Wildman–Crippen MR) is 101 cm³/mol. The molecule has 0 aromatic heterocycles. The molecule has 6 nitrogen and oxygen atoms in total. The van der Waals surface area contributed by atoms with Crippen LogP contribution >= 0.6 is 0 Å². The van der Waals surface area contributed by atoms with Crippen LogP contribution in [0.1, 0.15) is 32.8 Å². The van der Waals surface area contributed by atoms with Gasteiger partial charge in [0, 0.05) is 19.5 Å². The maximum absolute atomic E-state index is 12.9. The van der Waals surface area contributed by atoms with Gasteiger partial charge in [0.25, 0.3) is 0 Å². The van der Waals surface area contributed by atoms with Crippen LogP contribution in [0.5, 0.6) is 0 Å². The lowest BCUT2D eigenvalue weighted by molar-refractivity contribution is -0.163. The van der Waals surface area contributed by atoms with Gasteiger partial charge >= 0.3 is 12.1 Å². The van der Waals surface area contributed by atoms with Crippen molar-refractivity contribution in [1.29, 1.82) is 0 Å². The highest BCUT2D eigenvalue weighted by Gasteiger charge is 2.51. The number of hydrogen-bond donors (Lipinski definition) is 0. The number of amides is 1. The molecule has 1 atom stereocenters. The average molecular weight is 373 g/mol. The normalized spacial score (nSPS) is 20.1. The Bertz CT molecular complexity index is 707. The summed E-state index contributed by atoms with van der Waals surface area (Å²) in [6.07, 6.45) is 1.16. The maximum Gasteiger partial charge on any atom is 0.410 e. The third-order valence-corrected chi connectivity index (χ3v) is 4.33. The van der Waals surface area contributed by atoms with E-state index in [0.29, 0.717) is 0 Å². The van der Waals surface area contributed by atoms with Gasteiger partial charge in [-0.3, -0.25) is 9.59 Å². The van der Waals surface area contributed by atoms with Crippen molar-refractivity contribution in [3.63, 3.8) is 0 Å². The molecule has 0 radical (unpaired) electrons. The molecule has 1 fully saturated rings. The molecule has 1 aliphatic rings. The molecular weight excluding hydrogens is 346 g/mol. The van der Waals surface area contributed by atoms with E-state index >= 15 is 0 Å². The van der Waals surface area contributed by atoms with Crippen LogP contribution in [0.15, 0.2) is 43.0 Å². The summed E-state index contributed by atoms with van der Waals surface area (Å²) in [6, 6.07) is 9.25. The molecule has 0 N–H and O–H groups in total. The highest BCUT2D eigenvalue weighted by atomic mass is 16.6. The third-order valence-electron chi connectivity index (χ3n) is 4.33. The van der Waals surface area contributed by atoms with E-state index in [4.69, 9.17) is 9.47 Å². The summed E-state index contributed by atoms with van der Waals surface area (Å²) in [5.41, 5.74) is -1.28. The summed E-state index contributed by atoms with van der Waals surface area (Å²) in [4.78, 5) is 39.7. The highest BCUT2D eigenvalue weighted by molar-refractivity contribution is 6.05. The fourth-order valence-corrected chi connectivity index (χ4v) is 3.07. The van der Waals surface area contributed by atoms with E-state index in [0.717, 1.165) is 5.56 Å². The number of likely N-dealkylation sites (tertiary alicyclic amines) is 1. The van der Waals surface area contributed by atoms with Gasteiger partial charge in [0.1, 0.15) is 17.6 Å². The zero-order valence-corrected chi connectivity index (χ0v) is 16.2. The number of benzene rings is 1. The van der Waals surface area contributed by atoms with Crippen LogP contribution in [0.2, 0.25) is 0 Å². The Morgan fingerprint density at radius 3 is 2.52 bits per heavy atom. The first kappa shape index (κ1) is 20.7. The van der Waals surface area contributed by atoms with Crippen molar-refractivity contribution >= 4 is 17.8 Å². The fraction of sp³-hybridized carbons (Fsp3) is 0.476. The molecule has 1 aliphatic heterocycles. The van der Waals surface area contributed by atoms with Crippen molar-refractivity contribution in [2.45, 2.75) is 39.2 Å². The van der Waals surface area contributed by atoms with Crippen LogP contribution in [0.25, 0.3) is 0 Å². The number of piperidine rings is 1. The molecular formula is C21H27NO5. The van der Waals surface area contributed by atoms with E-state index in [1.54, 1.807) is 20.8 Å². The second kappa shape index (κ2) is 8.37. The van der Waals surface area contributed by atoms with Gasteiger partial charge in [-0.15, -0.1) is 0 Å². The number of hydrogen-bond acceptors (Lipinski definition) is 5. The minimum absolute atomic E-state index is 0.00902. The number of ketones is 1. The highest BCUT2D eigenvalue weighted by Crippen LogP contribution is 2.33. The van der Waals surface area contributed by atoms with Crippen molar-refractivity contribution in [2.24, 2.45) is 5.41 Å². The molecule has 0 bridgehead atoms. The number of rotatable bonds is 5. The zero-order valence-electron chi connectivity index (χ0n) is 16.2. The topological polar surface area (TPSA) is 72.9 Å². The van der Waals surface area contributed by atoms with Crippen LogP contribution in [0, 0.1) is 5.41 Å². The second-order valence-corrected chi connectivity index (χ2v) is 7.71. The van der Waals surface area contributed by atoms with Gasteiger partial charge in [0.15, 0.2) is 5.78 Å². The summed E-state index contributed by atoms with van der Waals surface area (Å²) in [7, 11) is 0. The Balaban J connectivity index is 2.33. The van der Waals surface area contributed by atoms with Gasteiger partial charge < -0.3 is 14.4 Å². The average Bonchev–Trinajstić information content (AvgIpc) is 2.61. The van der Waals surface area contributed by atoms with Gasteiger partial charge in [-0.25, -0.2) is 4.79 Å². The molecule has 1 aromatic rings. The van der Waals surface area contributed by atoms with Crippen LogP contribution < -0.4 is 0 Å². The van der Waals surface area contributed by atoms with E-state index in [-0.39, 0.29) is 38.3 Å². The van der Waals surface area contributed by atoms with Crippen molar-refractivity contribution in [3.05, 3.63) is 48.6 Å². The molecule has 1 amide bonds. The fourth-order valence-electron chi connectivity index (χ4n) is 3.07. The standard InChI is InChI=1S/C21H27NO5/c1-5-13-26-18(24)21(14-16-9-7-6-8-10-16)15-22(12-11-17(21)23)19(25)27-20(2,3)4/h5-10H,1,11-15H2,2-4H3. The predicted octanol–water partition coefficient (Wildman–Crippen LogP) is 3.15. The Hall–Kier alpha value is -2.63. The molecule has 2 rings (SSSR count). The van der Waals surface area contributed by atoms with E-state index in [1.807, 2.05) is 30.3 Å². The Morgan fingerprint density at radius 2 is 1.93 bits per heavy atom. The minimum atomic E-state index is -1.44. The first-order valence-corrected chi connectivity index (χ1v) is 9.01. The number of nitrogens with zero attached hydrogens (tertiary/aromatic N) is 1. The van der Waals surface area contributed by atoms with E-state index in [1.165, 1.54) is 11.0 Å². The van der Waals surface area contributed by atoms with Crippen LogP contribution in [-0.2, 0) is 25.5 Å². The summed E-state index contributed by atoms with van der Waals surface area (Å²) in [6.45, 7) is 9.03. The summed E-state index contributed by atoms with van der Waals surface area (Å²) < 4.78 is 10.7. The third kappa shape index (κ3) is 5.18. The Kier molecular flexibility index (Phi) is 6.41. The number of carbonyl (C=O) groups is 3. The number of ether oxygens (including phenoxy) is 2. The van der Waals surface area contributed by atoms with Gasteiger partial charge in [-0.1, -0.05) is 43.0 Å². The molecule has 0 spiro atoms. The zero-order chi connectivity index (χ0) is 20.1. The lowest BCUT2D eigenvalue weighted by Gasteiger charge is -2.40. The summed E-state index contributed by atoms with van der Waals surface area (Å²) in [5.74, 6) is -0.857. The minimum Gasteiger partial charge on any atom is -0.461 e. The Labute approximate surface area is 160 Å². The SMILES string of the molecule is C=CCOC(=O)C1(Cc2ccccc2)CN(C(=O)OC(C)(C)C)CCC1=O. The maximum atomic E-state index is 12.9. The van der Waals surface area contributed by atoms with Crippen LogP contribution in [0.3, 0.4) is 0 Å². The molecule has 6 heteroatoms. The quantitative estimate of drug-likeness (QED) is 0.450. The molecule has 27 heavy (non-hydrogen) atoms. The molecule has 146 valence electrons. The lowest BCUT2D eigenvalue weighted by atomic mass is 9.74. The molecule has 0 saturated carbocycles. The first-order valence-electron chi connectivity index (χ1n) is 9.01. The number of Topliss-reactive ketones (excluding diaryl/α,β-unsaturated/α-hetero) is 1. The van der Waals surface area contributed by atoms with E-state index < -0.39 is 23.1 Å².